The summed E-state index contributed by atoms with van der Waals surface area (Å²) in [6, 6.07) is 16.8. The molecular formula is C21H18FNO3. The Morgan fingerprint density at radius 1 is 1.04 bits per heavy atom. The van der Waals surface area contributed by atoms with Crippen LogP contribution < -0.4 is 5.56 Å². The van der Waals surface area contributed by atoms with Crippen LogP contribution in [0.25, 0.3) is 11.3 Å². The molecule has 4 nitrogen and oxygen atoms in total. The van der Waals surface area contributed by atoms with Gasteiger partial charge in [0.1, 0.15) is 5.82 Å². The first-order valence-electron chi connectivity index (χ1n) is 8.32. The van der Waals surface area contributed by atoms with E-state index in [1.807, 2.05) is 18.2 Å². The summed E-state index contributed by atoms with van der Waals surface area (Å²) in [4.78, 5) is 27.7. The molecule has 3 rings (SSSR count). The Morgan fingerprint density at radius 2 is 1.73 bits per heavy atom. The molecule has 0 radical (unpaired) electrons. The largest absolute Gasteiger partial charge is 0.462 e. The Labute approximate surface area is 150 Å². The molecule has 0 unspecified atom stereocenters. The Balaban J connectivity index is 2.11. The molecule has 1 N–H and O–H groups in total. The van der Waals surface area contributed by atoms with Crippen molar-refractivity contribution in [2.45, 2.75) is 13.3 Å². The fraction of sp³-hybridized carbons (Fsp3) is 0.143. The van der Waals surface area contributed by atoms with E-state index < -0.39 is 11.8 Å². The van der Waals surface area contributed by atoms with E-state index in [0.29, 0.717) is 22.4 Å². The number of pyridine rings is 1. The number of aromatic amines is 1. The maximum absolute atomic E-state index is 13.9. The number of hydrogen-bond acceptors (Lipinski definition) is 3. The molecule has 1 aromatic heterocycles. The predicted octanol–water partition coefficient (Wildman–Crippen LogP) is 3.95. The third-order valence-electron chi connectivity index (χ3n) is 4.01. The molecule has 0 spiro atoms. The van der Waals surface area contributed by atoms with Gasteiger partial charge in [-0.3, -0.25) is 4.79 Å². The van der Waals surface area contributed by atoms with Crippen LogP contribution in [0.15, 0.2) is 65.5 Å². The van der Waals surface area contributed by atoms with Crippen molar-refractivity contribution < 1.29 is 13.9 Å². The van der Waals surface area contributed by atoms with E-state index in [4.69, 9.17) is 4.74 Å². The second kappa shape index (κ2) is 7.78. The number of benzene rings is 2. The molecule has 0 amide bonds. The minimum Gasteiger partial charge on any atom is -0.462 e. The maximum atomic E-state index is 13.9. The second-order valence-corrected chi connectivity index (χ2v) is 5.77. The molecule has 0 aliphatic rings. The van der Waals surface area contributed by atoms with Gasteiger partial charge < -0.3 is 9.72 Å². The van der Waals surface area contributed by atoms with Gasteiger partial charge in [0, 0.05) is 12.0 Å². The average molecular weight is 351 g/mol. The summed E-state index contributed by atoms with van der Waals surface area (Å²) in [6.07, 6.45) is 0.0868. The van der Waals surface area contributed by atoms with Crippen LogP contribution in [0, 0.1) is 5.82 Å². The fourth-order valence-corrected chi connectivity index (χ4v) is 2.75. The molecule has 3 aromatic rings. The molecule has 0 saturated heterocycles. The van der Waals surface area contributed by atoms with Crippen LogP contribution in [-0.4, -0.2) is 17.6 Å². The van der Waals surface area contributed by atoms with Crippen molar-refractivity contribution in [2.24, 2.45) is 0 Å². The highest BCUT2D eigenvalue weighted by molar-refractivity contribution is 5.96. The van der Waals surface area contributed by atoms with Crippen LogP contribution in [0.3, 0.4) is 0 Å². The lowest BCUT2D eigenvalue weighted by molar-refractivity contribution is 0.0526. The topological polar surface area (TPSA) is 59.2 Å². The zero-order chi connectivity index (χ0) is 18.5. The minimum absolute atomic E-state index is 0.0868. The van der Waals surface area contributed by atoms with Crippen LogP contribution in [0.1, 0.15) is 28.4 Å². The highest BCUT2D eigenvalue weighted by Gasteiger charge is 2.18. The minimum atomic E-state index is -0.530. The summed E-state index contributed by atoms with van der Waals surface area (Å²) in [5, 5.41) is 0. The third kappa shape index (κ3) is 3.72. The zero-order valence-corrected chi connectivity index (χ0v) is 14.3. The van der Waals surface area contributed by atoms with E-state index in [9.17, 15) is 14.0 Å². The van der Waals surface area contributed by atoms with Crippen molar-refractivity contribution in [3.05, 3.63) is 93.5 Å². The molecule has 0 aliphatic heterocycles. The normalized spacial score (nSPS) is 10.5. The number of rotatable bonds is 5. The van der Waals surface area contributed by atoms with Crippen molar-refractivity contribution in [2.75, 3.05) is 6.61 Å². The molecule has 0 atom stereocenters. The first-order chi connectivity index (χ1) is 12.6. The van der Waals surface area contributed by atoms with Gasteiger partial charge in [-0.05, 0) is 30.2 Å². The SMILES string of the molecule is CCOC(=O)c1cc(Cc2ccccc2F)c(=O)[nH]c1-c1ccccc1. The molecule has 0 aliphatic carbocycles. The average Bonchev–Trinajstić information content (AvgIpc) is 2.65. The summed E-state index contributed by atoms with van der Waals surface area (Å²) in [7, 11) is 0. The second-order valence-electron chi connectivity index (χ2n) is 5.77. The lowest BCUT2D eigenvalue weighted by Gasteiger charge is -2.11. The van der Waals surface area contributed by atoms with E-state index in [-0.39, 0.29) is 24.2 Å². The van der Waals surface area contributed by atoms with E-state index in [0.717, 1.165) is 0 Å². The Bertz CT molecular complexity index is 980. The van der Waals surface area contributed by atoms with Crippen LogP contribution in [0.5, 0.6) is 0 Å². The third-order valence-corrected chi connectivity index (χ3v) is 4.01. The number of ether oxygens (including phenoxy) is 1. The van der Waals surface area contributed by atoms with Gasteiger partial charge >= 0.3 is 5.97 Å². The highest BCUT2D eigenvalue weighted by atomic mass is 19.1. The maximum Gasteiger partial charge on any atom is 0.340 e. The molecule has 0 saturated carbocycles. The molecule has 0 fully saturated rings. The first kappa shape index (κ1) is 17.6. The summed E-state index contributed by atoms with van der Waals surface area (Å²) >= 11 is 0. The number of carbonyl (C=O) groups excluding carboxylic acids is 1. The number of hydrogen-bond donors (Lipinski definition) is 1. The highest BCUT2D eigenvalue weighted by Crippen LogP contribution is 2.22. The molecule has 5 heteroatoms. The Morgan fingerprint density at radius 3 is 2.42 bits per heavy atom. The van der Waals surface area contributed by atoms with Crippen LogP contribution in [-0.2, 0) is 11.2 Å². The number of aromatic nitrogens is 1. The van der Waals surface area contributed by atoms with E-state index in [1.165, 1.54) is 12.1 Å². The summed E-state index contributed by atoms with van der Waals surface area (Å²) < 4.78 is 19.1. The fourth-order valence-electron chi connectivity index (χ4n) is 2.75. The Hall–Kier alpha value is -3.21. The Kier molecular flexibility index (Phi) is 5.27. The van der Waals surface area contributed by atoms with Gasteiger partial charge in [-0.1, -0.05) is 48.5 Å². The van der Waals surface area contributed by atoms with Crippen molar-refractivity contribution in [3.8, 4) is 11.3 Å². The lowest BCUT2D eigenvalue weighted by Crippen LogP contribution is -2.19. The molecular weight excluding hydrogens is 333 g/mol. The number of H-pyrrole nitrogens is 1. The van der Waals surface area contributed by atoms with Gasteiger partial charge in [-0.2, -0.15) is 0 Å². The first-order valence-corrected chi connectivity index (χ1v) is 8.32. The molecule has 0 bridgehead atoms. The van der Waals surface area contributed by atoms with Crippen molar-refractivity contribution in [3.63, 3.8) is 0 Å². The molecule has 2 aromatic carbocycles. The number of halogens is 1. The number of carbonyl (C=O) groups is 1. The summed E-state index contributed by atoms with van der Waals surface area (Å²) in [6.45, 7) is 1.93. The molecule has 1 heterocycles. The quantitative estimate of drug-likeness (QED) is 0.708. The molecule has 132 valence electrons. The van der Waals surface area contributed by atoms with E-state index in [1.54, 1.807) is 37.3 Å². The van der Waals surface area contributed by atoms with Gasteiger partial charge in [-0.15, -0.1) is 0 Å². The van der Waals surface area contributed by atoms with Crippen LogP contribution in [0.4, 0.5) is 4.39 Å². The van der Waals surface area contributed by atoms with Crippen LogP contribution in [0.2, 0.25) is 0 Å². The predicted molar refractivity (Wildman–Crippen MR) is 97.7 cm³/mol. The van der Waals surface area contributed by atoms with Gasteiger partial charge in [0.2, 0.25) is 0 Å². The van der Waals surface area contributed by atoms with E-state index in [2.05, 4.69) is 4.98 Å². The van der Waals surface area contributed by atoms with Crippen LogP contribution >= 0.6 is 0 Å². The smallest absolute Gasteiger partial charge is 0.340 e. The standard InChI is InChI=1S/C21H18FNO3/c1-2-26-21(25)17-13-16(12-15-10-6-7-11-18(15)22)20(24)23-19(17)14-8-4-3-5-9-14/h3-11,13H,2,12H2,1H3,(H,23,24). The van der Waals surface area contributed by atoms with Crippen molar-refractivity contribution >= 4 is 5.97 Å². The van der Waals surface area contributed by atoms with Gasteiger partial charge in [0.05, 0.1) is 17.9 Å². The molecule has 26 heavy (non-hydrogen) atoms. The van der Waals surface area contributed by atoms with Gasteiger partial charge in [0.15, 0.2) is 0 Å². The lowest BCUT2D eigenvalue weighted by atomic mass is 10.00. The summed E-state index contributed by atoms with van der Waals surface area (Å²) in [5.74, 6) is -0.922. The van der Waals surface area contributed by atoms with Crippen molar-refractivity contribution in [1.29, 1.82) is 0 Å². The summed E-state index contributed by atoms with van der Waals surface area (Å²) in [5.41, 5.74) is 1.68. The van der Waals surface area contributed by atoms with Gasteiger partial charge in [-0.25, -0.2) is 9.18 Å². The monoisotopic (exact) mass is 351 g/mol. The number of esters is 1. The zero-order valence-electron chi connectivity index (χ0n) is 14.3. The van der Waals surface area contributed by atoms with Gasteiger partial charge in [0.25, 0.3) is 5.56 Å². The number of nitrogens with one attached hydrogen (secondary N) is 1. The van der Waals surface area contributed by atoms with E-state index >= 15 is 0 Å². The van der Waals surface area contributed by atoms with Crippen molar-refractivity contribution in [1.82, 2.24) is 4.98 Å².